The monoisotopic (exact) mass is 206 g/mol. The number of phenolic OH excluding ortho intramolecular Hbond substituents is 1. The molecule has 0 amide bonds. The molecule has 0 saturated carbocycles. The Morgan fingerprint density at radius 2 is 1.40 bits per heavy atom. The van der Waals surface area contributed by atoms with Crippen LogP contribution in [0.15, 0.2) is 0 Å². The van der Waals surface area contributed by atoms with Crippen molar-refractivity contribution in [3.63, 3.8) is 0 Å². The number of aromatic hydroxyl groups is 1. The summed E-state index contributed by atoms with van der Waals surface area (Å²) >= 11 is 0. The second-order valence-electron chi connectivity index (χ2n) is 4.43. The minimum absolute atomic E-state index is 0.518. The smallest absolute Gasteiger partial charge is 0.122 e. The van der Waals surface area contributed by atoms with Crippen molar-refractivity contribution >= 4 is 0 Å². The van der Waals surface area contributed by atoms with Gasteiger partial charge in [0.1, 0.15) is 5.75 Å². The Bertz CT molecular complexity index is 335. The molecule has 0 fully saturated rings. The lowest BCUT2D eigenvalue weighted by atomic mass is 9.91. The molecule has 0 spiro atoms. The van der Waals surface area contributed by atoms with E-state index in [0.717, 1.165) is 24.0 Å². The highest BCUT2D eigenvalue weighted by Crippen LogP contribution is 2.32. The van der Waals surface area contributed by atoms with E-state index in [1.165, 1.54) is 23.1 Å². The zero-order valence-corrected chi connectivity index (χ0v) is 10.6. The third-order valence-corrected chi connectivity index (χ3v) is 3.56. The number of phenols is 1. The van der Waals surface area contributed by atoms with Gasteiger partial charge in [0.05, 0.1) is 0 Å². The fourth-order valence-electron chi connectivity index (χ4n) is 2.03. The molecule has 1 aromatic rings. The molecule has 1 aromatic carbocycles. The summed E-state index contributed by atoms with van der Waals surface area (Å²) in [5.74, 6) is 0.518. The summed E-state index contributed by atoms with van der Waals surface area (Å²) in [7, 11) is 0. The highest BCUT2D eigenvalue weighted by Gasteiger charge is 2.13. The molecule has 1 heteroatoms. The largest absolute Gasteiger partial charge is 0.507 e. The van der Waals surface area contributed by atoms with E-state index in [4.69, 9.17) is 0 Å². The number of benzene rings is 1. The van der Waals surface area contributed by atoms with Crippen LogP contribution in [0.2, 0.25) is 0 Å². The first-order chi connectivity index (χ1) is 7.00. The predicted octanol–water partition coefficient (Wildman–Crippen LogP) is 3.97. The summed E-state index contributed by atoms with van der Waals surface area (Å²) in [6.45, 7) is 10.5. The van der Waals surface area contributed by atoms with Gasteiger partial charge in [0, 0.05) is 0 Å². The van der Waals surface area contributed by atoms with Gasteiger partial charge in [-0.25, -0.2) is 0 Å². The highest BCUT2D eigenvalue weighted by molar-refractivity contribution is 5.53. The van der Waals surface area contributed by atoms with E-state index in [1.807, 2.05) is 6.92 Å². The van der Waals surface area contributed by atoms with Crippen LogP contribution in [0.1, 0.15) is 47.6 Å². The molecule has 0 saturated heterocycles. The van der Waals surface area contributed by atoms with Crippen molar-refractivity contribution in [1.29, 1.82) is 0 Å². The van der Waals surface area contributed by atoms with Crippen LogP contribution in [-0.4, -0.2) is 5.11 Å². The van der Waals surface area contributed by atoms with Crippen LogP contribution in [0.3, 0.4) is 0 Å². The predicted molar refractivity (Wildman–Crippen MR) is 65.7 cm³/mol. The van der Waals surface area contributed by atoms with Gasteiger partial charge in [-0.2, -0.15) is 0 Å². The van der Waals surface area contributed by atoms with Crippen molar-refractivity contribution < 1.29 is 5.11 Å². The Morgan fingerprint density at radius 3 is 1.93 bits per heavy atom. The molecule has 0 atom stereocenters. The molecule has 0 unspecified atom stereocenters. The molecule has 1 nitrogen and oxygen atoms in total. The molecule has 0 aromatic heterocycles. The zero-order valence-electron chi connectivity index (χ0n) is 10.6. The normalized spacial score (nSPS) is 10.7. The van der Waals surface area contributed by atoms with Gasteiger partial charge in [0.2, 0.25) is 0 Å². The first-order valence-corrected chi connectivity index (χ1v) is 5.78. The second-order valence-corrected chi connectivity index (χ2v) is 4.43. The maximum absolute atomic E-state index is 10.1. The molecule has 1 N–H and O–H groups in total. The topological polar surface area (TPSA) is 20.2 Å². The Morgan fingerprint density at radius 1 is 0.867 bits per heavy atom. The van der Waals surface area contributed by atoms with Crippen LogP contribution < -0.4 is 0 Å². The standard InChI is InChI=1S/C14H22O/c1-6-7-8-13-11(4)9(2)10(3)12(5)14(13)15/h15H,6-8H2,1-5H3. The lowest BCUT2D eigenvalue weighted by molar-refractivity contribution is 0.461. The molecule has 0 aliphatic carbocycles. The molecular weight excluding hydrogens is 184 g/mol. The van der Waals surface area contributed by atoms with Crippen LogP contribution in [0.25, 0.3) is 0 Å². The molecule has 0 bridgehead atoms. The second kappa shape index (κ2) is 4.69. The van der Waals surface area contributed by atoms with E-state index in [9.17, 15) is 5.11 Å². The summed E-state index contributed by atoms with van der Waals surface area (Å²) in [6, 6.07) is 0. The van der Waals surface area contributed by atoms with Gasteiger partial charge in [0.25, 0.3) is 0 Å². The van der Waals surface area contributed by atoms with Crippen molar-refractivity contribution in [3.8, 4) is 5.75 Å². The molecule has 15 heavy (non-hydrogen) atoms. The van der Waals surface area contributed by atoms with Crippen molar-refractivity contribution in [2.24, 2.45) is 0 Å². The quantitative estimate of drug-likeness (QED) is 0.793. The Labute approximate surface area is 93.1 Å². The summed E-state index contributed by atoms with van der Waals surface area (Å²) in [4.78, 5) is 0. The van der Waals surface area contributed by atoms with Crippen molar-refractivity contribution in [2.45, 2.75) is 53.9 Å². The van der Waals surface area contributed by atoms with Crippen molar-refractivity contribution in [2.75, 3.05) is 0 Å². The van der Waals surface area contributed by atoms with E-state index in [2.05, 4.69) is 27.7 Å². The maximum atomic E-state index is 10.1. The van der Waals surface area contributed by atoms with Gasteiger partial charge in [-0.3, -0.25) is 0 Å². The highest BCUT2D eigenvalue weighted by atomic mass is 16.3. The van der Waals surface area contributed by atoms with Crippen LogP contribution in [0.4, 0.5) is 0 Å². The summed E-state index contributed by atoms with van der Waals surface area (Å²) in [5, 5.41) is 10.1. The van der Waals surface area contributed by atoms with Gasteiger partial charge in [0.15, 0.2) is 0 Å². The Hall–Kier alpha value is -0.980. The van der Waals surface area contributed by atoms with Gasteiger partial charge >= 0.3 is 0 Å². The van der Waals surface area contributed by atoms with Crippen LogP contribution in [0, 0.1) is 27.7 Å². The average Bonchev–Trinajstić information content (AvgIpc) is 2.24. The van der Waals surface area contributed by atoms with Gasteiger partial charge in [-0.05, 0) is 68.4 Å². The minimum atomic E-state index is 0.518. The number of unbranched alkanes of at least 4 members (excludes halogenated alkanes) is 1. The fourth-order valence-corrected chi connectivity index (χ4v) is 2.03. The average molecular weight is 206 g/mol. The lowest BCUT2D eigenvalue weighted by Crippen LogP contribution is -1.99. The molecule has 0 radical (unpaired) electrons. The number of rotatable bonds is 3. The molecule has 0 aliphatic heterocycles. The number of hydrogen-bond donors (Lipinski definition) is 1. The molecular formula is C14H22O. The van der Waals surface area contributed by atoms with Crippen LogP contribution in [0.5, 0.6) is 5.75 Å². The van der Waals surface area contributed by atoms with Crippen molar-refractivity contribution in [1.82, 2.24) is 0 Å². The lowest BCUT2D eigenvalue weighted by Gasteiger charge is -2.16. The number of hydrogen-bond acceptors (Lipinski definition) is 1. The van der Waals surface area contributed by atoms with E-state index in [0.29, 0.717) is 5.75 Å². The van der Waals surface area contributed by atoms with Crippen LogP contribution in [-0.2, 0) is 6.42 Å². The van der Waals surface area contributed by atoms with E-state index in [-0.39, 0.29) is 0 Å². The Balaban J connectivity index is 3.26. The third kappa shape index (κ3) is 2.17. The molecule has 0 aliphatic rings. The minimum Gasteiger partial charge on any atom is -0.507 e. The summed E-state index contributed by atoms with van der Waals surface area (Å²) in [6.07, 6.45) is 3.32. The molecule has 84 valence electrons. The first-order valence-electron chi connectivity index (χ1n) is 5.78. The van der Waals surface area contributed by atoms with Gasteiger partial charge < -0.3 is 5.11 Å². The maximum Gasteiger partial charge on any atom is 0.122 e. The molecule has 0 heterocycles. The molecule has 1 rings (SSSR count). The van der Waals surface area contributed by atoms with E-state index >= 15 is 0 Å². The zero-order chi connectivity index (χ0) is 11.6. The fraction of sp³-hybridized carbons (Fsp3) is 0.571. The van der Waals surface area contributed by atoms with Gasteiger partial charge in [-0.1, -0.05) is 13.3 Å². The van der Waals surface area contributed by atoms with E-state index in [1.54, 1.807) is 0 Å². The Kier molecular flexibility index (Phi) is 3.78. The summed E-state index contributed by atoms with van der Waals surface area (Å²) < 4.78 is 0. The summed E-state index contributed by atoms with van der Waals surface area (Å²) in [5.41, 5.74) is 6.02. The third-order valence-electron chi connectivity index (χ3n) is 3.56. The first kappa shape index (κ1) is 12.1. The van der Waals surface area contributed by atoms with Gasteiger partial charge in [-0.15, -0.1) is 0 Å². The van der Waals surface area contributed by atoms with Crippen molar-refractivity contribution in [3.05, 3.63) is 27.8 Å². The van der Waals surface area contributed by atoms with E-state index < -0.39 is 0 Å². The van der Waals surface area contributed by atoms with Crippen LogP contribution >= 0.6 is 0 Å². The SMILES string of the molecule is CCCCc1c(C)c(C)c(C)c(C)c1O.